The Morgan fingerprint density at radius 2 is 1.57 bits per heavy atom. The van der Waals surface area contributed by atoms with E-state index in [2.05, 4.69) is 20.9 Å². The summed E-state index contributed by atoms with van der Waals surface area (Å²) in [5, 5.41) is 13.6. The zero-order chi connectivity index (χ0) is 21.7. The molecular formula is C20H19ClN6O3. The van der Waals surface area contributed by atoms with E-state index in [1.165, 1.54) is 15.8 Å². The minimum absolute atomic E-state index is 0.0268. The van der Waals surface area contributed by atoms with Crippen LogP contribution in [0.1, 0.15) is 20.8 Å². The molecule has 0 radical (unpaired) electrons. The Balaban J connectivity index is 1.71. The van der Waals surface area contributed by atoms with Gasteiger partial charge in [0.1, 0.15) is 6.54 Å². The lowest BCUT2D eigenvalue weighted by Crippen LogP contribution is -2.26. The maximum atomic E-state index is 12.5. The predicted octanol–water partition coefficient (Wildman–Crippen LogP) is 2.52. The van der Waals surface area contributed by atoms with Gasteiger partial charge in [-0.2, -0.15) is 0 Å². The van der Waals surface area contributed by atoms with Crippen LogP contribution < -0.4 is 10.6 Å². The first-order chi connectivity index (χ1) is 14.3. The molecule has 10 heteroatoms. The van der Waals surface area contributed by atoms with Gasteiger partial charge >= 0.3 is 0 Å². The summed E-state index contributed by atoms with van der Waals surface area (Å²) in [4.78, 5) is 38.2. The average molecular weight is 427 g/mol. The fraction of sp³-hybridized carbons (Fsp3) is 0.150. The van der Waals surface area contributed by atoms with Crippen LogP contribution in [0.15, 0.2) is 54.7 Å². The molecule has 30 heavy (non-hydrogen) atoms. The van der Waals surface area contributed by atoms with E-state index >= 15 is 0 Å². The molecule has 0 aliphatic carbocycles. The highest BCUT2D eigenvalue weighted by Gasteiger charge is 2.16. The van der Waals surface area contributed by atoms with E-state index in [0.29, 0.717) is 22.0 Å². The third-order valence-electron chi connectivity index (χ3n) is 4.10. The first-order valence-corrected chi connectivity index (χ1v) is 9.29. The number of hydrogen-bond acceptors (Lipinski definition) is 5. The summed E-state index contributed by atoms with van der Waals surface area (Å²) in [7, 11) is 3.25. The minimum Gasteiger partial charge on any atom is -0.347 e. The number of para-hydroxylation sites is 2. The Morgan fingerprint density at radius 3 is 2.17 bits per heavy atom. The maximum Gasteiger partial charge on any atom is 0.277 e. The molecule has 3 aromatic rings. The fourth-order valence-corrected chi connectivity index (χ4v) is 2.57. The number of nitrogens with zero attached hydrogens (tertiary/aromatic N) is 4. The number of amides is 3. The number of likely N-dealkylation sites (N-methyl/N-ethyl adjacent to an activating group) is 1. The molecule has 3 amide bonds. The summed E-state index contributed by atoms with van der Waals surface area (Å²) in [6, 6.07) is 13.2. The molecule has 0 unspecified atom stereocenters. The number of anilines is 2. The predicted molar refractivity (Wildman–Crippen MR) is 113 cm³/mol. The Morgan fingerprint density at radius 1 is 0.967 bits per heavy atom. The zero-order valence-electron chi connectivity index (χ0n) is 16.3. The molecule has 0 aliphatic rings. The van der Waals surface area contributed by atoms with Crippen molar-refractivity contribution >= 4 is 40.7 Å². The molecule has 9 nitrogen and oxygen atoms in total. The van der Waals surface area contributed by atoms with Gasteiger partial charge in [-0.1, -0.05) is 28.9 Å². The summed E-state index contributed by atoms with van der Waals surface area (Å²) in [5.41, 5.74) is 1.28. The maximum absolute atomic E-state index is 12.5. The molecule has 3 rings (SSSR count). The highest BCUT2D eigenvalue weighted by atomic mass is 35.5. The van der Waals surface area contributed by atoms with E-state index < -0.39 is 5.91 Å². The van der Waals surface area contributed by atoms with Crippen molar-refractivity contribution in [1.29, 1.82) is 0 Å². The summed E-state index contributed by atoms with van der Waals surface area (Å²) in [5.74, 6) is -1.05. The number of aromatic nitrogens is 3. The molecule has 0 fully saturated rings. The van der Waals surface area contributed by atoms with E-state index in [9.17, 15) is 14.4 Å². The lowest BCUT2D eigenvalue weighted by molar-refractivity contribution is -0.129. The van der Waals surface area contributed by atoms with Crippen molar-refractivity contribution < 1.29 is 14.4 Å². The third-order valence-corrected chi connectivity index (χ3v) is 4.35. The van der Waals surface area contributed by atoms with Gasteiger partial charge in [0.2, 0.25) is 5.91 Å². The highest BCUT2D eigenvalue weighted by Crippen LogP contribution is 2.22. The normalized spacial score (nSPS) is 10.4. The second kappa shape index (κ2) is 9.19. The Bertz CT molecular complexity index is 1080. The van der Waals surface area contributed by atoms with Crippen molar-refractivity contribution in [2.45, 2.75) is 6.54 Å². The van der Waals surface area contributed by atoms with Crippen LogP contribution in [0, 0.1) is 0 Å². The second-order valence-electron chi connectivity index (χ2n) is 6.55. The van der Waals surface area contributed by atoms with Crippen LogP contribution in [0.3, 0.4) is 0 Å². The molecule has 1 aromatic heterocycles. The van der Waals surface area contributed by atoms with Crippen LogP contribution in [0.5, 0.6) is 0 Å². The van der Waals surface area contributed by atoms with Gasteiger partial charge in [-0.25, -0.2) is 4.68 Å². The van der Waals surface area contributed by atoms with Crippen molar-refractivity contribution in [2.24, 2.45) is 0 Å². The minimum atomic E-state index is -0.522. The molecule has 0 saturated carbocycles. The molecule has 154 valence electrons. The van der Waals surface area contributed by atoms with Gasteiger partial charge in [0.25, 0.3) is 11.8 Å². The van der Waals surface area contributed by atoms with Crippen molar-refractivity contribution in [2.75, 3.05) is 24.7 Å². The number of halogens is 1. The molecule has 0 bridgehead atoms. The quantitative estimate of drug-likeness (QED) is 0.629. The number of rotatable bonds is 6. The van der Waals surface area contributed by atoms with Gasteiger partial charge in [0.15, 0.2) is 5.69 Å². The molecule has 2 aromatic carbocycles. The van der Waals surface area contributed by atoms with E-state index in [4.69, 9.17) is 11.6 Å². The molecule has 2 N–H and O–H groups in total. The fourth-order valence-electron chi connectivity index (χ4n) is 2.44. The van der Waals surface area contributed by atoms with E-state index in [1.54, 1.807) is 62.6 Å². The summed E-state index contributed by atoms with van der Waals surface area (Å²) < 4.78 is 1.28. The number of carbonyl (C=O) groups excluding carboxylic acids is 3. The topological polar surface area (TPSA) is 109 Å². The van der Waals surface area contributed by atoms with Gasteiger partial charge in [0.05, 0.1) is 17.6 Å². The van der Waals surface area contributed by atoms with Gasteiger partial charge in [-0.05, 0) is 36.4 Å². The highest BCUT2D eigenvalue weighted by molar-refractivity contribution is 6.30. The number of nitrogens with one attached hydrogen (secondary N) is 2. The van der Waals surface area contributed by atoms with Crippen molar-refractivity contribution in [3.63, 3.8) is 0 Å². The standard InChI is InChI=1S/C20H19ClN6O3/c1-26(2)18(28)12-27-11-17(24-25-27)20(30)23-16-6-4-3-5-15(16)22-19(29)13-7-9-14(21)10-8-13/h3-11H,12H2,1-2H3,(H,22,29)(H,23,30). The van der Waals surface area contributed by atoms with Gasteiger partial charge in [-0.3, -0.25) is 14.4 Å². The van der Waals surface area contributed by atoms with Crippen molar-refractivity contribution in [1.82, 2.24) is 19.9 Å². The van der Waals surface area contributed by atoms with E-state index in [0.717, 1.165) is 0 Å². The van der Waals surface area contributed by atoms with Crippen molar-refractivity contribution in [3.8, 4) is 0 Å². The van der Waals surface area contributed by atoms with Gasteiger partial charge in [0, 0.05) is 24.7 Å². The Kier molecular flexibility index (Phi) is 6.43. The lowest BCUT2D eigenvalue weighted by Gasteiger charge is -2.11. The summed E-state index contributed by atoms with van der Waals surface area (Å²) >= 11 is 5.85. The Labute approximate surface area is 177 Å². The second-order valence-corrected chi connectivity index (χ2v) is 6.99. The van der Waals surface area contributed by atoms with E-state index in [-0.39, 0.29) is 24.1 Å². The Hall–Kier alpha value is -3.72. The van der Waals surface area contributed by atoms with Crippen LogP contribution >= 0.6 is 11.6 Å². The molecule has 0 aliphatic heterocycles. The smallest absolute Gasteiger partial charge is 0.277 e. The molecule has 0 saturated heterocycles. The lowest BCUT2D eigenvalue weighted by atomic mass is 10.2. The SMILES string of the molecule is CN(C)C(=O)Cn1cc(C(=O)Nc2ccccc2NC(=O)c2ccc(Cl)cc2)nn1. The first-order valence-electron chi connectivity index (χ1n) is 8.91. The summed E-state index contributed by atoms with van der Waals surface area (Å²) in [6.07, 6.45) is 1.38. The molecule has 1 heterocycles. The van der Waals surface area contributed by atoms with Crippen molar-refractivity contribution in [3.05, 3.63) is 71.0 Å². The molecule has 0 atom stereocenters. The first kappa shape index (κ1) is 21.0. The van der Waals surface area contributed by atoms with Crippen LogP contribution in [0.4, 0.5) is 11.4 Å². The average Bonchev–Trinajstić information content (AvgIpc) is 3.18. The molecule has 0 spiro atoms. The zero-order valence-corrected chi connectivity index (χ0v) is 17.1. The van der Waals surface area contributed by atoms with Gasteiger partial charge < -0.3 is 15.5 Å². The van der Waals surface area contributed by atoms with Crippen LogP contribution in [-0.4, -0.2) is 51.7 Å². The monoisotopic (exact) mass is 426 g/mol. The van der Waals surface area contributed by atoms with Gasteiger partial charge in [-0.15, -0.1) is 5.10 Å². The largest absolute Gasteiger partial charge is 0.347 e. The van der Waals surface area contributed by atoms with Crippen LogP contribution in [-0.2, 0) is 11.3 Å². The number of carbonyl (C=O) groups is 3. The van der Waals surface area contributed by atoms with E-state index in [1.807, 2.05) is 0 Å². The number of hydrogen-bond donors (Lipinski definition) is 2. The van der Waals surface area contributed by atoms with Crippen LogP contribution in [0.2, 0.25) is 5.02 Å². The number of benzene rings is 2. The molecular weight excluding hydrogens is 408 g/mol. The third kappa shape index (κ3) is 5.21. The van der Waals surface area contributed by atoms with Crippen LogP contribution in [0.25, 0.3) is 0 Å². The summed E-state index contributed by atoms with van der Waals surface area (Å²) in [6.45, 7) is -0.0268.